The number of nitrogen functional groups attached to an aromatic ring is 1. The summed E-state index contributed by atoms with van der Waals surface area (Å²) >= 11 is 4.16. The van der Waals surface area contributed by atoms with Gasteiger partial charge in [0.1, 0.15) is 30.8 Å². The average Bonchev–Trinajstić information content (AvgIpc) is 2.64. The summed E-state index contributed by atoms with van der Waals surface area (Å²) < 4.78 is 10.7. The van der Waals surface area contributed by atoms with Gasteiger partial charge in [0.25, 0.3) is 0 Å². The van der Waals surface area contributed by atoms with Gasteiger partial charge in [0, 0.05) is 6.20 Å². The first-order chi connectivity index (χ1) is 9.69. The van der Waals surface area contributed by atoms with Crippen LogP contribution in [0.2, 0.25) is 0 Å². The van der Waals surface area contributed by atoms with Crippen LogP contribution in [0.4, 0.5) is 5.82 Å². The van der Waals surface area contributed by atoms with E-state index in [0.717, 1.165) is 4.57 Å². The highest BCUT2D eigenvalue weighted by molar-refractivity contribution is 8.06. The van der Waals surface area contributed by atoms with Crippen LogP contribution in [-0.4, -0.2) is 49.6 Å². The molecule has 0 saturated carbocycles. The summed E-state index contributed by atoms with van der Waals surface area (Å²) in [5.41, 5.74) is 4.57. The van der Waals surface area contributed by atoms with Gasteiger partial charge in [-0.2, -0.15) is 4.98 Å². The highest BCUT2D eigenvalue weighted by Gasteiger charge is 2.44. The van der Waals surface area contributed by atoms with Crippen molar-refractivity contribution in [1.29, 1.82) is 0 Å². The minimum absolute atomic E-state index is 0.00325. The number of nitrogens with zero attached hydrogens (tertiary/aromatic N) is 2. The standard InChI is InChI=1S/C9H14N3O7PS/c10-5-1-2-12(9(15)11-5)8-7(14)6(13)4(19-8)3-18-20(16,17)21/h1-2,4,6-8,13-14H,3H2,(H2,10,11,15)(H2,16,17,21)/p-1/t4?,6?,7?,8-/m1/s1. The Labute approximate surface area is 123 Å². The molecule has 0 aromatic carbocycles. The SMILES string of the molecule is Nc1ccn([C@@H]2OC(COP([O-])(O)=S)C(O)C2O)c(=O)n1. The molecule has 2 rings (SSSR count). The molecule has 0 bridgehead atoms. The summed E-state index contributed by atoms with van der Waals surface area (Å²) in [5, 5.41) is 19.7. The number of aliphatic hydroxyl groups excluding tert-OH is 2. The van der Waals surface area contributed by atoms with Gasteiger partial charge in [-0.3, -0.25) is 4.57 Å². The molecule has 0 spiro atoms. The molecule has 1 saturated heterocycles. The minimum Gasteiger partial charge on any atom is -0.780 e. The number of ether oxygens (including phenoxy) is 1. The van der Waals surface area contributed by atoms with Crippen LogP contribution in [0.5, 0.6) is 0 Å². The lowest BCUT2D eigenvalue weighted by molar-refractivity contribution is -0.204. The topological polar surface area (TPSA) is 163 Å². The largest absolute Gasteiger partial charge is 0.780 e. The minimum atomic E-state index is -4.16. The van der Waals surface area contributed by atoms with Crippen molar-refractivity contribution < 1.29 is 29.3 Å². The maximum Gasteiger partial charge on any atom is 0.351 e. The van der Waals surface area contributed by atoms with E-state index in [1.165, 1.54) is 12.3 Å². The fourth-order valence-electron chi connectivity index (χ4n) is 1.88. The van der Waals surface area contributed by atoms with Crippen molar-refractivity contribution >= 4 is 24.3 Å². The second-order valence-corrected chi connectivity index (χ2v) is 6.93. The molecule has 0 radical (unpaired) electrons. The third-order valence-electron chi connectivity index (χ3n) is 2.86. The van der Waals surface area contributed by atoms with Crippen molar-refractivity contribution in [3.05, 3.63) is 22.7 Å². The van der Waals surface area contributed by atoms with Crippen LogP contribution < -0.4 is 16.3 Å². The molecule has 1 fully saturated rings. The molecule has 21 heavy (non-hydrogen) atoms. The number of rotatable bonds is 4. The van der Waals surface area contributed by atoms with Crippen molar-refractivity contribution in [2.75, 3.05) is 12.3 Å². The average molecular weight is 338 g/mol. The molecule has 1 aliphatic rings. The van der Waals surface area contributed by atoms with E-state index in [1.54, 1.807) is 0 Å². The lowest BCUT2D eigenvalue weighted by Crippen LogP contribution is -2.36. The first-order valence-corrected chi connectivity index (χ1v) is 8.33. The first kappa shape index (κ1) is 16.5. The summed E-state index contributed by atoms with van der Waals surface area (Å²) in [4.78, 5) is 34.9. The Bertz CT molecular complexity index is 620. The fraction of sp³-hybridized carbons (Fsp3) is 0.556. The molecule has 4 unspecified atom stereocenters. The zero-order valence-corrected chi connectivity index (χ0v) is 12.2. The highest BCUT2D eigenvalue weighted by Crippen LogP contribution is 2.34. The van der Waals surface area contributed by atoms with Crippen LogP contribution >= 0.6 is 6.72 Å². The van der Waals surface area contributed by atoms with Gasteiger partial charge < -0.3 is 35.0 Å². The van der Waals surface area contributed by atoms with E-state index in [-0.39, 0.29) is 5.82 Å². The molecule has 2 heterocycles. The van der Waals surface area contributed by atoms with E-state index in [0.29, 0.717) is 0 Å². The van der Waals surface area contributed by atoms with Crippen LogP contribution in [0.1, 0.15) is 6.23 Å². The molecule has 0 aliphatic carbocycles. The Balaban J connectivity index is 2.16. The Morgan fingerprint density at radius 3 is 2.81 bits per heavy atom. The molecule has 5 atom stereocenters. The number of anilines is 1. The highest BCUT2D eigenvalue weighted by atomic mass is 32.5. The summed E-state index contributed by atoms with van der Waals surface area (Å²) in [6, 6.07) is 1.32. The van der Waals surface area contributed by atoms with Crippen molar-refractivity contribution in [3.63, 3.8) is 0 Å². The maximum absolute atomic E-state index is 11.7. The van der Waals surface area contributed by atoms with Crippen LogP contribution in [0.15, 0.2) is 17.1 Å². The number of aromatic nitrogens is 2. The number of hydrogen-bond donors (Lipinski definition) is 4. The maximum atomic E-state index is 11.7. The monoisotopic (exact) mass is 338 g/mol. The Morgan fingerprint density at radius 2 is 2.24 bits per heavy atom. The van der Waals surface area contributed by atoms with Gasteiger partial charge in [-0.15, -0.1) is 0 Å². The Hall–Kier alpha value is -0.910. The van der Waals surface area contributed by atoms with Crippen molar-refractivity contribution in [3.8, 4) is 0 Å². The lowest BCUT2D eigenvalue weighted by Gasteiger charge is -2.23. The van der Waals surface area contributed by atoms with Crippen molar-refractivity contribution in [1.82, 2.24) is 9.55 Å². The van der Waals surface area contributed by atoms with Gasteiger partial charge in [0.15, 0.2) is 6.23 Å². The smallest absolute Gasteiger partial charge is 0.351 e. The molecule has 0 amide bonds. The third-order valence-corrected chi connectivity index (χ3v) is 3.66. The molecule has 118 valence electrons. The van der Waals surface area contributed by atoms with E-state index in [2.05, 4.69) is 21.3 Å². The third kappa shape index (κ3) is 3.84. The van der Waals surface area contributed by atoms with E-state index in [9.17, 15) is 19.9 Å². The Kier molecular flexibility index (Phi) is 4.76. The van der Waals surface area contributed by atoms with Crippen LogP contribution in [0.25, 0.3) is 0 Å². The van der Waals surface area contributed by atoms with Gasteiger partial charge >= 0.3 is 5.69 Å². The predicted octanol–water partition coefficient (Wildman–Crippen LogP) is -2.96. The van der Waals surface area contributed by atoms with Gasteiger partial charge in [0.05, 0.1) is 6.61 Å². The summed E-state index contributed by atoms with van der Waals surface area (Å²) in [5.74, 6) is -0.00325. The molecule has 12 heteroatoms. The van der Waals surface area contributed by atoms with Gasteiger partial charge in [-0.05, 0) is 6.07 Å². The molecular formula is C9H13N3O7PS-. The summed E-state index contributed by atoms with van der Waals surface area (Å²) in [6.45, 7) is -4.67. The first-order valence-electron chi connectivity index (χ1n) is 5.73. The second-order valence-electron chi connectivity index (χ2n) is 4.35. The zero-order valence-electron chi connectivity index (χ0n) is 10.5. The summed E-state index contributed by atoms with van der Waals surface area (Å²) in [7, 11) is 0. The van der Waals surface area contributed by atoms with Crippen molar-refractivity contribution in [2.24, 2.45) is 0 Å². The Morgan fingerprint density at radius 1 is 1.57 bits per heavy atom. The number of nitrogens with two attached hydrogens (primary N) is 1. The fourth-order valence-corrected chi connectivity index (χ4v) is 2.40. The molecule has 1 aromatic heterocycles. The molecule has 5 N–H and O–H groups in total. The van der Waals surface area contributed by atoms with Crippen LogP contribution in [0.3, 0.4) is 0 Å². The van der Waals surface area contributed by atoms with Crippen LogP contribution in [-0.2, 0) is 21.1 Å². The quantitative estimate of drug-likeness (QED) is 0.417. The molecule has 1 aromatic rings. The van der Waals surface area contributed by atoms with E-state index in [1.807, 2.05) is 0 Å². The summed E-state index contributed by atoms with van der Waals surface area (Å²) in [6.07, 6.45) is -3.99. The van der Waals surface area contributed by atoms with E-state index < -0.39 is 43.6 Å². The molecule has 1 aliphatic heterocycles. The van der Waals surface area contributed by atoms with Crippen LogP contribution in [0, 0.1) is 0 Å². The number of hydrogen-bond acceptors (Lipinski definition) is 9. The molecule has 10 nitrogen and oxygen atoms in total. The predicted molar refractivity (Wildman–Crippen MR) is 71.3 cm³/mol. The van der Waals surface area contributed by atoms with E-state index in [4.69, 9.17) is 15.4 Å². The lowest BCUT2D eigenvalue weighted by atomic mass is 10.1. The second kappa shape index (κ2) is 6.07. The zero-order chi connectivity index (χ0) is 15.8. The molecular weight excluding hydrogens is 325 g/mol. The normalized spacial score (nSPS) is 32.0. The number of aliphatic hydroxyl groups is 2. The van der Waals surface area contributed by atoms with Crippen molar-refractivity contribution in [2.45, 2.75) is 24.5 Å². The van der Waals surface area contributed by atoms with E-state index >= 15 is 0 Å². The van der Waals surface area contributed by atoms with Gasteiger partial charge in [-0.1, -0.05) is 11.8 Å². The van der Waals surface area contributed by atoms with Gasteiger partial charge in [0.2, 0.25) is 0 Å². The van der Waals surface area contributed by atoms with Gasteiger partial charge in [-0.25, -0.2) is 4.79 Å².